The van der Waals surface area contributed by atoms with Gasteiger partial charge >= 0.3 is 6.18 Å². The molecule has 2 amide bonds. The fraction of sp³-hybridized carbons (Fsp3) is 0.0455. The first-order valence-corrected chi connectivity index (χ1v) is 9.87. The smallest absolute Gasteiger partial charge is 0.332 e. The molecule has 0 aromatic heterocycles. The number of carbonyl (C=O) groups is 2. The maximum atomic E-state index is 12.8. The van der Waals surface area contributed by atoms with Crippen molar-refractivity contribution in [1.29, 1.82) is 0 Å². The molecule has 0 saturated heterocycles. The van der Waals surface area contributed by atoms with Gasteiger partial charge in [0.2, 0.25) is 0 Å². The number of amides is 2. The third-order valence-electron chi connectivity index (χ3n) is 4.17. The summed E-state index contributed by atoms with van der Waals surface area (Å²) in [7, 11) is 0. The fourth-order valence-corrected chi connectivity index (χ4v) is 3.05. The van der Waals surface area contributed by atoms with Crippen LogP contribution in [0.1, 0.15) is 26.3 Å². The van der Waals surface area contributed by atoms with Crippen LogP contribution in [-0.4, -0.2) is 16.9 Å². The van der Waals surface area contributed by atoms with Crippen LogP contribution < -0.4 is 16.0 Å². The maximum Gasteiger partial charge on any atom is 0.416 e. The topological polar surface area (TPSA) is 70.2 Å². The Morgan fingerprint density at radius 2 is 1.47 bits per heavy atom. The maximum absolute atomic E-state index is 12.8. The standard InChI is InChI=1S/C22H15ClF3N3O2S/c23-16-5-1-3-14(11-16)20(31)29-21(32)28-17-9-7-13(8-10-17)19(30)27-18-6-2-4-15(12-18)22(24,25)26/h1-12H,(H,27,30)(H2,28,29,31,32). The molecule has 0 atom stereocenters. The molecular weight excluding hydrogens is 463 g/mol. The molecule has 5 nitrogen and oxygen atoms in total. The second-order valence-electron chi connectivity index (χ2n) is 6.53. The molecule has 0 aliphatic rings. The second kappa shape index (κ2) is 9.80. The van der Waals surface area contributed by atoms with Crippen molar-refractivity contribution in [3.8, 4) is 0 Å². The van der Waals surface area contributed by atoms with Gasteiger partial charge in [0, 0.05) is 27.5 Å². The number of alkyl halides is 3. The van der Waals surface area contributed by atoms with Crippen LogP contribution in [0.2, 0.25) is 5.02 Å². The molecule has 0 unspecified atom stereocenters. The normalized spacial score (nSPS) is 10.9. The van der Waals surface area contributed by atoms with E-state index in [1.807, 2.05) is 0 Å². The first-order valence-electron chi connectivity index (χ1n) is 9.08. The molecule has 0 spiro atoms. The van der Waals surface area contributed by atoms with E-state index in [1.165, 1.54) is 30.3 Å². The monoisotopic (exact) mass is 477 g/mol. The highest BCUT2D eigenvalue weighted by molar-refractivity contribution is 7.80. The molecule has 0 aliphatic heterocycles. The van der Waals surface area contributed by atoms with Gasteiger partial charge in [0.05, 0.1) is 5.56 Å². The van der Waals surface area contributed by atoms with E-state index in [-0.39, 0.29) is 16.4 Å². The first kappa shape index (κ1) is 23.2. The van der Waals surface area contributed by atoms with E-state index >= 15 is 0 Å². The van der Waals surface area contributed by atoms with E-state index in [9.17, 15) is 22.8 Å². The minimum Gasteiger partial charge on any atom is -0.332 e. The fourth-order valence-electron chi connectivity index (χ4n) is 2.65. The number of hydrogen-bond donors (Lipinski definition) is 3. The number of carbonyl (C=O) groups excluding carboxylic acids is 2. The molecule has 3 N–H and O–H groups in total. The summed E-state index contributed by atoms with van der Waals surface area (Å²) >= 11 is 11.0. The number of halogens is 4. The Bertz CT molecular complexity index is 1170. The van der Waals surface area contributed by atoms with Crippen LogP contribution in [-0.2, 0) is 6.18 Å². The van der Waals surface area contributed by atoms with Crippen LogP contribution >= 0.6 is 23.8 Å². The Kier molecular flexibility index (Phi) is 7.12. The molecule has 0 heterocycles. The Morgan fingerprint density at radius 3 is 2.12 bits per heavy atom. The SMILES string of the molecule is O=C(NC(=S)Nc1ccc(C(=O)Nc2cccc(C(F)(F)F)c2)cc1)c1cccc(Cl)c1. The van der Waals surface area contributed by atoms with Crippen LogP contribution in [0.5, 0.6) is 0 Å². The lowest BCUT2D eigenvalue weighted by atomic mass is 10.1. The number of nitrogens with one attached hydrogen (secondary N) is 3. The van der Waals surface area contributed by atoms with Crippen molar-refractivity contribution in [2.45, 2.75) is 6.18 Å². The highest BCUT2D eigenvalue weighted by Crippen LogP contribution is 2.30. The van der Waals surface area contributed by atoms with Gasteiger partial charge in [-0.2, -0.15) is 13.2 Å². The molecule has 0 fully saturated rings. The van der Waals surface area contributed by atoms with Crippen molar-refractivity contribution in [2.24, 2.45) is 0 Å². The molecule has 3 rings (SSSR count). The van der Waals surface area contributed by atoms with E-state index in [0.717, 1.165) is 12.1 Å². The van der Waals surface area contributed by atoms with Crippen molar-refractivity contribution in [3.05, 3.63) is 94.5 Å². The predicted octanol–water partition coefficient (Wildman–Crippen LogP) is 5.74. The van der Waals surface area contributed by atoms with E-state index in [0.29, 0.717) is 16.3 Å². The van der Waals surface area contributed by atoms with Gasteiger partial charge in [-0.15, -0.1) is 0 Å². The van der Waals surface area contributed by atoms with Gasteiger partial charge in [0.25, 0.3) is 11.8 Å². The second-order valence-corrected chi connectivity index (χ2v) is 7.37. The number of rotatable bonds is 4. The van der Waals surface area contributed by atoms with Crippen LogP contribution in [0.15, 0.2) is 72.8 Å². The molecule has 3 aromatic rings. The van der Waals surface area contributed by atoms with E-state index < -0.39 is 23.6 Å². The van der Waals surface area contributed by atoms with E-state index in [1.54, 1.807) is 30.3 Å². The number of anilines is 2. The van der Waals surface area contributed by atoms with Crippen molar-refractivity contribution in [2.75, 3.05) is 10.6 Å². The molecule has 3 aromatic carbocycles. The molecule has 32 heavy (non-hydrogen) atoms. The van der Waals surface area contributed by atoms with Crippen LogP contribution in [0.25, 0.3) is 0 Å². The minimum absolute atomic E-state index is 0.0249. The van der Waals surface area contributed by atoms with Crippen LogP contribution in [0, 0.1) is 0 Å². The van der Waals surface area contributed by atoms with E-state index in [4.69, 9.17) is 23.8 Å². The van der Waals surface area contributed by atoms with Gasteiger partial charge in [-0.3, -0.25) is 14.9 Å². The van der Waals surface area contributed by atoms with Crippen molar-refractivity contribution < 1.29 is 22.8 Å². The summed E-state index contributed by atoms with van der Waals surface area (Å²) in [6, 6.07) is 16.7. The van der Waals surface area contributed by atoms with Gasteiger partial charge in [-0.1, -0.05) is 23.7 Å². The third kappa shape index (κ3) is 6.29. The Labute approximate surface area is 191 Å². The van der Waals surface area contributed by atoms with Gasteiger partial charge in [-0.05, 0) is 72.9 Å². The number of hydrogen-bond acceptors (Lipinski definition) is 3. The largest absolute Gasteiger partial charge is 0.416 e. The first-order chi connectivity index (χ1) is 15.1. The van der Waals surface area contributed by atoms with Gasteiger partial charge in [-0.25, -0.2) is 0 Å². The minimum atomic E-state index is -4.51. The average Bonchev–Trinajstić information content (AvgIpc) is 2.73. The molecule has 10 heteroatoms. The van der Waals surface area contributed by atoms with Crippen LogP contribution in [0.3, 0.4) is 0 Å². The molecule has 0 radical (unpaired) electrons. The lowest BCUT2D eigenvalue weighted by Crippen LogP contribution is -2.34. The average molecular weight is 478 g/mol. The quantitative estimate of drug-likeness (QED) is 0.419. The van der Waals surface area contributed by atoms with Crippen molar-refractivity contribution in [1.82, 2.24) is 5.32 Å². The number of benzene rings is 3. The summed E-state index contributed by atoms with van der Waals surface area (Å²) < 4.78 is 38.4. The number of thiocarbonyl (C=S) groups is 1. The molecular formula is C22H15ClF3N3O2S. The molecule has 0 bridgehead atoms. The molecule has 0 aliphatic carbocycles. The van der Waals surface area contributed by atoms with Crippen molar-refractivity contribution >= 4 is 52.1 Å². The zero-order chi connectivity index (χ0) is 23.3. The van der Waals surface area contributed by atoms with Gasteiger partial charge in [0.1, 0.15) is 0 Å². The summed E-state index contributed by atoms with van der Waals surface area (Å²) in [5.41, 5.74) is 0.224. The lowest BCUT2D eigenvalue weighted by Gasteiger charge is -2.11. The summed E-state index contributed by atoms with van der Waals surface area (Å²) in [5.74, 6) is -1.02. The predicted molar refractivity (Wildman–Crippen MR) is 121 cm³/mol. The summed E-state index contributed by atoms with van der Waals surface area (Å²) in [6.45, 7) is 0. The molecule has 164 valence electrons. The lowest BCUT2D eigenvalue weighted by molar-refractivity contribution is -0.137. The zero-order valence-electron chi connectivity index (χ0n) is 16.2. The Balaban J connectivity index is 1.59. The molecule has 0 saturated carbocycles. The highest BCUT2D eigenvalue weighted by atomic mass is 35.5. The summed E-state index contributed by atoms with van der Waals surface area (Å²) in [5, 5.41) is 8.20. The zero-order valence-corrected chi connectivity index (χ0v) is 17.7. The third-order valence-corrected chi connectivity index (χ3v) is 4.61. The highest BCUT2D eigenvalue weighted by Gasteiger charge is 2.30. The van der Waals surface area contributed by atoms with Gasteiger partial charge in [0.15, 0.2) is 5.11 Å². The summed E-state index contributed by atoms with van der Waals surface area (Å²) in [6.07, 6.45) is -4.51. The Morgan fingerprint density at radius 1 is 0.781 bits per heavy atom. The summed E-state index contributed by atoms with van der Waals surface area (Å²) in [4.78, 5) is 24.5. The van der Waals surface area contributed by atoms with Crippen LogP contribution in [0.4, 0.5) is 24.5 Å². The Hall–Kier alpha value is -3.43. The van der Waals surface area contributed by atoms with Gasteiger partial charge < -0.3 is 10.6 Å². The van der Waals surface area contributed by atoms with Crippen molar-refractivity contribution in [3.63, 3.8) is 0 Å². The van der Waals surface area contributed by atoms with E-state index in [2.05, 4.69) is 16.0 Å².